The highest BCUT2D eigenvalue weighted by atomic mass is 79.9. The van der Waals surface area contributed by atoms with Crippen molar-refractivity contribution in [3.63, 3.8) is 0 Å². The maximum atomic E-state index is 6.22. The number of pyridine rings is 1. The van der Waals surface area contributed by atoms with Crippen molar-refractivity contribution in [2.45, 2.75) is 13.3 Å². The summed E-state index contributed by atoms with van der Waals surface area (Å²) < 4.78 is 1.82. The molecule has 2 aromatic rings. The zero-order valence-corrected chi connectivity index (χ0v) is 15.9. The van der Waals surface area contributed by atoms with E-state index in [1.807, 2.05) is 18.2 Å². The number of hydrogen-bond acceptors (Lipinski definition) is 3. The maximum Gasteiger partial charge on any atom is 0.151 e. The van der Waals surface area contributed by atoms with E-state index in [2.05, 4.69) is 54.4 Å². The molecule has 0 atom stereocenters. The summed E-state index contributed by atoms with van der Waals surface area (Å²) in [5.41, 5.74) is 0.857. The maximum absolute atomic E-state index is 6.22. The number of benzene rings is 1. The molecule has 0 fully saturated rings. The number of anilines is 3. The number of nitrogens with zero attached hydrogens (tertiary/aromatic N) is 1. The van der Waals surface area contributed by atoms with E-state index < -0.39 is 0 Å². The molecule has 0 unspecified atom stereocenters. The molecule has 0 radical (unpaired) electrons. The molecule has 0 aliphatic rings. The van der Waals surface area contributed by atoms with E-state index in [4.69, 9.17) is 23.2 Å². The molecule has 0 spiro atoms. The van der Waals surface area contributed by atoms with Crippen molar-refractivity contribution >= 4 is 72.4 Å². The van der Waals surface area contributed by atoms with Crippen LogP contribution in [-0.4, -0.2) is 11.5 Å². The second-order valence-electron chi connectivity index (χ2n) is 4.30. The van der Waals surface area contributed by atoms with Gasteiger partial charge < -0.3 is 10.6 Å². The van der Waals surface area contributed by atoms with Crippen molar-refractivity contribution in [3.05, 3.63) is 43.3 Å². The van der Waals surface area contributed by atoms with Gasteiger partial charge in [-0.2, -0.15) is 0 Å². The second kappa shape index (κ2) is 7.68. The van der Waals surface area contributed by atoms with E-state index >= 15 is 0 Å². The molecular formula is C14H13Br2Cl2N3. The first-order valence-corrected chi connectivity index (χ1v) is 8.68. The predicted molar refractivity (Wildman–Crippen MR) is 98.2 cm³/mol. The van der Waals surface area contributed by atoms with Gasteiger partial charge in [0.25, 0.3) is 0 Å². The van der Waals surface area contributed by atoms with Gasteiger partial charge in [0.1, 0.15) is 5.82 Å². The fourth-order valence-electron chi connectivity index (χ4n) is 1.66. The Morgan fingerprint density at radius 1 is 1.10 bits per heavy atom. The second-order valence-corrected chi connectivity index (χ2v) is 6.82. The topological polar surface area (TPSA) is 37.0 Å². The van der Waals surface area contributed by atoms with Crippen LogP contribution in [0, 0.1) is 0 Å². The van der Waals surface area contributed by atoms with Crippen molar-refractivity contribution in [1.82, 2.24) is 4.98 Å². The van der Waals surface area contributed by atoms with Crippen LogP contribution in [0.3, 0.4) is 0 Å². The van der Waals surface area contributed by atoms with Crippen LogP contribution in [0.25, 0.3) is 0 Å². The van der Waals surface area contributed by atoms with Crippen LogP contribution in [0.1, 0.15) is 13.3 Å². The number of hydrogen-bond donors (Lipinski definition) is 2. The summed E-state index contributed by atoms with van der Waals surface area (Å²) in [6.07, 6.45) is 0.985. The van der Waals surface area contributed by atoms with E-state index in [-0.39, 0.29) is 0 Å². The molecule has 21 heavy (non-hydrogen) atoms. The van der Waals surface area contributed by atoms with E-state index in [1.165, 1.54) is 0 Å². The minimum absolute atomic E-state index is 0.463. The van der Waals surface area contributed by atoms with Crippen LogP contribution in [0.5, 0.6) is 0 Å². The molecule has 0 saturated heterocycles. The van der Waals surface area contributed by atoms with E-state index in [0.29, 0.717) is 21.7 Å². The van der Waals surface area contributed by atoms with Gasteiger partial charge in [-0.3, -0.25) is 0 Å². The Morgan fingerprint density at radius 2 is 1.71 bits per heavy atom. The fraction of sp³-hybridized carbons (Fsp3) is 0.214. The Hall–Kier alpha value is -0.490. The number of nitrogens with one attached hydrogen (secondary N) is 2. The third-order valence-electron chi connectivity index (χ3n) is 2.68. The Kier molecular flexibility index (Phi) is 6.17. The zero-order chi connectivity index (χ0) is 15.4. The van der Waals surface area contributed by atoms with Crippen molar-refractivity contribution < 1.29 is 0 Å². The van der Waals surface area contributed by atoms with Crippen molar-refractivity contribution in [3.8, 4) is 0 Å². The molecule has 7 heteroatoms. The minimum atomic E-state index is 0.463. The molecule has 2 rings (SSSR count). The van der Waals surface area contributed by atoms with E-state index in [9.17, 15) is 0 Å². The molecule has 1 aromatic carbocycles. The summed E-state index contributed by atoms with van der Waals surface area (Å²) in [5.74, 6) is 1.17. The molecule has 0 saturated carbocycles. The number of rotatable bonds is 5. The standard InChI is InChI=1S/C14H13Br2Cl2N3/c1-2-6-19-13-10(17)7-11(18)14(21-13)20-12-8(15)4-3-5-9(12)16/h3-5,7H,2,6H2,1H3,(H2,19,20,21). The lowest BCUT2D eigenvalue weighted by Crippen LogP contribution is -2.05. The number of aromatic nitrogens is 1. The largest absolute Gasteiger partial charge is 0.369 e. The van der Waals surface area contributed by atoms with Gasteiger partial charge in [0.15, 0.2) is 5.82 Å². The third kappa shape index (κ3) is 4.25. The molecule has 1 heterocycles. The Balaban J connectivity index is 2.35. The first kappa shape index (κ1) is 16.9. The highest BCUT2D eigenvalue weighted by molar-refractivity contribution is 9.11. The average Bonchev–Trinajstić information content (AvgIpc) is 2.44. The molecule has 3 nitrogen and oxygen atoms in total. The highest BCUT2D eigenvalue weighted by Gasteiger charge is 2.12. The molecular weight excluding hydrogens is 441 g/mol. The van der Waals surface area contributed by atoms with E-state index in [1.54, 1.807) is 6.07 Å². The lowest BCUT2D eigenvalue weighted by Gasteiger charge is -2.14. The molecule has 0 amide bonds. The van der Waals surface area contributed by atoms with Gasteiger partial charge >= 0.3 is 0 Å². The first-order chi connectivity index (χ1) is 10.0. The first-order valence-electron chi connectivity index (χ1n) is 6.34. The van der Waals surface area contributed by atoms with Gasteiger partial charge in [0.2, 0.25) is 0 Å². The summed E-state index contributed by atoms with van der Waals surface area (Å²) in [6, 6.07) is 7.49. The lowest BCUT2D eigenvalue weighted by molar-refractivity contribution is 0.970. The van der Waals surface area contributed by atoms with Gasteiger partial charge in [-0.05, 0) is 56.5 Å². The van der Waals surface area contributed by atoms with Crippen LogP contribution >= 0.6 is 55.1 Å². The minimum Gasteiger partial charge on any atom is -0.369 e. The number of para-hydroxylation sites is 1. The summed E-state index contributed by atoms with van der Waals surface area (Å²) >= 11 is 19.4. The average molecular weight is 454 g/mol. The van der Waals surface area contributed by atoms with Crippen molar-refractivity contribution in [2.24, 2.45) is 0 Å². The zero-order valence-electron chi connectivity index (χ0n) is 11.2. The van der Waals surface area contributed by atoms with Crippen LogP contribution < -0.4 is 10.6 Å². The molecule has 112 valence electrons. The fourth-order valence-corrected chi connectivity index (χ4v) is 3.33. The van der Waals surface area contributed by atoms with Gasteiger partial charge in [-0.25, -0.2) is 4.98 Å². The van der Waals surface area contributed by atoms with E-state index in [0.717, 1.165) is 27.6 Å². The summed E-state index contributed by atoms with van der Waals surface area (Å²) in [6.45, 7) is 2.88. The Bertz CT molecular complexity index is 630. The van der Waals surface area contributed by atoms with Crippen LogP contribution in [0.2, 0.25) is 10.0 Å². The van der Waals surface area contributed by atoms with Crippen molar-refractivity contribution in [2.75, 3.05) is 17.2 Å². The Morgan fingerprint density at radius 3 is 2.33 bits per heavy atom. The third-order valence-corrected chi connectivity index (χ3v) is 4.58. The van der Waals surface area contributed by atoms with Crippen LogP contribution in [0.4, 0.5) is 17.3 Å². The quantitative estimate of drug-likeness (QED) is 0.544. The summed E-state index contributed by atoms with van der Waals surface area (Å²) in [4.78, 5) is 4.46. The monoisotopic (exact) mass is 451 g/mol. The molecule has 0 aliphatic carbocycles. The highest BCUT2D eigenvalue weighted by Crippen LogP contribution is 2.36. The summed E-state index contributed by atoms with van der Waals surface area (Å²) in [7, 11) is 0. The van der Waals surface area contributed by atoms with Gasteiger partial charge in [0.05, 0.1) is 15.7 Å². The molecule has 2 N–H and O–H groups in total. The van der Waals surface area contributed by atoms with Gasteiger partial charge in [-0.1, -0.05) is 36.2 Å². The summed E-state index contributed by atoms with van der Waals surface area (Å²) in [5, 5.41) is 7.36. The van der Waals surface area contributed by atoms with Crippen molar-refractivity contribution in [1.29, 1.82) is 0 Å². The smallest absolute Gasteiger partial charge is 0.151 e. The normalized spacial score (nSPS) is 10.5. The predicted octanol–water partition coefficient (Wildman–Crippen LogP) is 6.48. The molecule has 0 bridgehead atoms. The SMILES string of the molecule is CCCNc1nc(Nc2c(Br)cccc2Br)c(Cl)cc1Cl. The Labute approximate surface area is 150 Å². The molecule has 0 aliphatic heterocycles. The molecule has 1 aromatic heterocycles. The lowest BCUT2D eigenvalue weighted by atomic mass is 10.3. The number of halogens is 4. The van der Waals surface area contributed by atoms with Crippen LogP contribution in [0.15, 0.2) is 33.2 Å². The van der Waals surface area contributed by atoms with Gasteiger partial charge in [0, 0.05) is 15.5 Å². The van der Waals surface area contributed by atoms with Gasteiger partial charge in [-0.15, -0.1) is 0 Å². The van der Waals surface area contributed by atoms with Crippen LogP contribution in [-0.2, 0) is 0 Å².